The number of nitrogens with one attached hydrogen (secondary N) is 1. The first-order chi connectivity index (χ1) is 14.8. The van der Waals surface area contributed by atoms with Crippen molar-refractivity contribution in [2.75, 3.05) is 5.32 Å². The van der Waals surface area contributed by atoms with Gasteiger partial charge in [0.15, 0.2) is 0 Å². The van der Waals surface area contributed by atoms with Crippen LogP contribution in [-0.2, 0) is 16.1 Å². The van der Waals surface area contributed by atoms with E-state index in [4.69, 9.17) is 11.6 Å². The van der Waals surface area contributed by atoms with Gasteiger partial charge in [-0.05, 0) is 62.0 Å². The van der Waals surface area contributed by atoms with Gasteiger partial charge in [-0.3, -0.25) is 19.3 Å². The number of imide groups is 1. The summed E-state index contributed by atoms with van der Waals surface area (Å²) in [7, 11) is 0. The Hall–Kier alpha value is -3.03. The average Bonchev–Trinajstić information content (AvgIpc) is 3.20. The lowest BCUT2D eigenvalue weighted by molar-refractivity contribution is -0.123. The summed E-state index contributed by atoms with van der Waals surface area (Å²) < 4.78 is 1.83. The molecule has 3 aromatic rings. The number of hydrogen-bond donors (Lipinski definition) is 1. The molecule has 8 heteroatoms. The Labute approximate surface area is 188 Å². The lowest BCUT2D eigenvalue weighted by Gasteiger charge is -2.16. The van der Waals surface area contributed by atoms with Crippen LogP contribution in [0.3, 0.4) is 0 Å². The van der Waals surface area contributed by atoms with Crippen LogP contribution in [0, 0.1) is 0 Å². The van der Waals surface area contributed by atoms with Gasteiger partial charge in [0.25, 0.3) is 11.1 Å². The standard InChI is InChI=1S/C23H20ClN3O3S/c1-14(2)27-22(29)20(31-23(27)30)11-15-12-26(19-6-4-3-5-18(15)19)13-21(28)25-17-9-7-16(24)8-10-17/h3-12,14H,13H2,1-2H3,(H,25,28)/b20-11+. The second-order valence-corrected chi connectivity index (χ2v) is 8.86. The van der Waals surface area contributed by atoms with Gasteiger partial charge in [-0.1, -0.05) is 29.8 Å². The minimum Gasteiger partial charge on any atom is -0.337 e. The summed E-state index contributed by atoms with van der Waals surface area (Å²) in [4.78, 5) is 39.1. The number of rotatable bonds is 5. The van der Waals surface area contributed by atoms with E-state index in [1.54, 1.807) is 30.3 Å². The van der Waals surface area contributed by atoms with Crippen LogP contribution in [0.25, 0.3) is 17.0 Å². The summed E-state index contributed by atoms with van der Waals surface area (Å²) in [5.41, 5.74) is 2.31. The molecule has 6 nitrogen and oxygen atoms in total. The Morgan fingerprint density at radius 1 is 1.13 bits per heavy atom. The van der Waals surface area contributed by atoms with Crippen molar-refractivity contribution in [3.05, 3.63) is 70.2 Å². The zero-order chi connectivity index (χ0) is 22.1. The van der Waals surface area contributed by atoms with Crippen LogP contribution in [0.15, 0.2) is 59.6 Å². The molecule has 0 radical (unpaired) electrons. The summed E-state index contributed by atoms with van der Waals surface area (Å²) in [5, 5.41) is 4.09. The third kappa shape index (κ3) is 4.38. The Bertz CT molecular complexity index is 1210. The van der Waals surface area contributed by atoms with Gasteiger partial charge in [-0.2, -0.15) is 0 Å². The highest BCUT2D eigenvalue weighted by Gasteiger charge is 2.36. The molecular weight excluding hydrogens is 434 g/mol. The van der Waals surface area contributed by atoms with E-state index in [1.807, 2.05) is 48.9 Å². The van der Waals surface area contributed by atoms with Crippen molar-refractivity contribution in [2.45, 2.75) is 26.4 Å². The van der Waals surface area contributed by atoms with Gasteiger partial charge in [0.1, 0.15) is 6.54 Å². The van der Waals surface area contributed by atoms with Crippen LogP contribution in [0.5, 0.6) is 0 Å². The molecule has 4 rings (SSSR count). The summed E-state index contributed by atoms with van der Waals surface area (Å²) in [6.07, 6.45) is 3.55. The van der Waals surface area contributed by atoms with Crippen LogP contribution < -0.4 is 5.32 Å². The van der Waals surface area contributed by atoms with Gasteiger partial charge in [0.05, 0.1) is 4.91 Å². The number of aromatic nitrogens is 1. The number of fused-ring (bicyclic) bond motifs is 1. The number of para-hydroxylation sites is 1. The van der Waals surface area contributed by atoms with Crippen LogP contribution in [-0.4, -0.2) is 32.6 Å². The van der Waals surface area contributed by atoms with Gasteiger partial charge in [0.2, 0.25) is 5.91 Å². The van der Waals surface area contributed by atoms with Crippen LogP contribution in [0.1, 0.15) is 19.4 Å². The molecule has 0 unspecified atom stereocenters. The molecule has 0 atom stereocenters. The molecule has 1 aliphatic rings. The van der Waals surface area contributed by atoms with Crippen LogP contribution >= 0.6 is 23.4 Å². The topological polar surface area (TPSA) is 71.4 Å². The lowest BCUT2D eigenvalue weighted by atomic mass is 10.1. The van der Waals surface area contributed by atoms with Crippen molar-refractivity contribution in [2.24, 2.45) is 0 Å². The number of carbonyl (C=O) groups excluding carboxylic acids is 3. The van der Waals surface area contributed by atoms with Crippen molar-refractivity contribution in [1.82, 2.24) is 9.47 Å². The summed E-state index contributed by atoms with van der Waals surface area (Å²) in [5.74, 6) is -0.475. The first-order valence-electron chi connectivity index (χ1n) is 9.74. The number of hydrogen-bond acceptors (Lipinski definition) is 4. The third-order valence-electron chi connectivity index (χ3n) is 4.89. The molecule has 158 valence electrons. The highest BCUT2D eigenvalue weighted by atomic mass is 35.5. The number of benzene rings is 2. The summed E-state index contributed by atoms with van der Waals surface area (Å²) >= 11 is 6.83. The zero-order valence-corrected chi connectivity index (χ0v) is 18.5. The second-order valence-electron chi connectivity index (χ2n) is 7.43. The number of anilines is 1. The van der Waals surface area contributed by atoms with Crippen molar-refractivity contribution in [3.63, 3.8) is 0 Å². The smallest absolute Gasteiger partial charge is 0.293 e. The fourth-order valence-electron chi connectivity index (χ4n) is 3.48. The normalized spacial score (nSPS) is 15.5. The number of nitrogens with zero attached hydrogens (tertiary/aromatic N) is 2. The van der Waals surface area contributed by atoms with Gasteiger partial charge >= 0.3 is 0 Å². The van der Waals surface area contributed by atoms with Crippen molar-refractivity contribution in [1.29, 1.82) is 0 Å². The maximum Gasteiger partial charge on any atom is 0.293 e. The summed E-state index contributed by atoms with van der Waals surface area (Å²) in [6, 6.07) is 14.4. The van der Waals surface area contributed by atoms with Crippen LogP contribution in [0.4, 0.5) is 10.5 Å². The maximum atomic E-state index is 12.6. The minimum atomic E-state index is -0.290. The Balaban J connectivity index is 1.62. The molecule has 1 fully saturated rings. The van der Waals surface area contributed by atoms with Crippen LogP contribution in [0.2, 0.25) is 5.02 Å². The Morgan fingerprint density at radius 2 is 1.84 bits per heavy atom. The average molecular weight is 454 g/mol. The van der Waals surface area contributed by atoms with Crippen molar-refractivity contribution >= 4 is 63.1 Å². The molecule has 1 aliphatic heterocycles. The number of carbonyl (C=O) groups is 3. The molecule has 0 spiro atoms. The van der Waals surface area contributed by atoms with E-state index < -0.39 is 0 Å². The Kier molecular flexibility index (Phi) is 5.89. The highest BCUT2D eigenvalue weighted by Crippen LogP contribution is 2.35. The van der Waals surface area contributed by atoms with Gasteiger partial charge in [-0.25, -0.2) is 0 Å². The van der Waals surface area contributed by atoms with E-state index >= 15 is 0 Å². The van der Waals surface area contributed by atoms with E-state index in [1.165, 1.54) is 4.90 Å². The van der Waals surface area contributed by atoms with E-state index in [9.17, 15) is 14.4 Å². The highest BCUT2D eigenvalue weighted by molar-refractivity contribution is 8.18. The molecular formula is C23H20ClN3O3S. The molecule has 0 bridgehead atoms. The molecule has 2 aromatic carbocycles. The number of amides is 3. The maximum absolute atomic E-state index is 12.6. The summed E-state index contributed by atoms with van der Waals surface area (Å²) in [6.45, 7) is 3.72. The largest absolute Gasteiger partial charge is 0.337 e. The van der Waals surface area contributed by atoms with E-state index in [0.717, 1.165) is 28.2 Å². The molecule has 3 amide bonds. The second kappa shape index (κ2) is 8.61. The SMILES string of the molecule is CC(C)N1C(=O)S/C(=C/c2cn(CC(=O)Nc3ccc(Cl)cc3)c3ccccc23)C1=O. The van der Waals surface area contributed by atoms with E-state index in [2.05, 4.69) is 5.32 Å². The molecule has 0 aliphatic carbocycles. The van der Waals surface area contributed by atoms with Gasteiger partial charge < -0.3 is 9.88 Å². The Morgan fingerprint density at radius 3 is 2.52 bits per heavy atom. The quantitative estimate of drug-likeness (QED) is 0.526. The number of halogens is 1. The molecule has 1 aromatic heterocycles. The molecule has 2 heterocycles. The molecule has 31 heavy (non-hydrogen) atoms. The number of thioether (sulfide) groups is 1. The van der Waals surface area contributed by atoms with Crippen molar-refractivity contribution < 1.29 is 14.4 Å². The first-order valence-corrected chi connectivity index (χ1v) is 10.9. The lowest BCUT2D eigenvalue weighted by Crippen LogP contribution is -2.34. The predicted octanol–water partition coefficient (Wildman–Crippen LogP) is 5.38. The fourth-order valence-corrected chi connectivity index (χ4v) is 4.55. The van der Waals surface area contributed by atoms with Gasteiger partial charge in [0, 0.05) is 39.4 Å². The molecule has 0 saturated carbocycles. The third-order valence-corrected chi connectivity index (χ3v) is 6.02. The molecule has 1 saturated heterocycles. The minimum absolute atomic E-state index is 0.102. The molecule has 1 N–H and O–H groups in total. The predicted molar refractivity (Wildman–Crippen MR) is 125 cm³/mol. The van der Waals surface area contributed by atoms with Gasteiger partial charge in [-0.15, -0.1) is 0 Å². The van der Waals surface area contributed by atoms with E-state index in [0.29, 0.717) is 15.6 Å². The first kappa shape index (κ1) is 21.2. The van der Waals surface area contributed by atoms with Crippen molar-refractivity contribution in [3.8, 4) is 0 Å². The fraction of sp³-hybridized carbons (Fsp3) is 0.174. The monoisotopic (exact) mass is 453 g/mol. The zero-order valence-electron chi connectivity index (χ0n) is 17.0. The van der Waals surface area contributed by atoms with E-state index in [-0.39, 0.29) is 29.6 Å².